The fourth-order valence-corrected chi connectivity index (χ4v) is 5.41. The van der Waals surface area contributed by atoms with Crippen molar-refractivity contribution in [2.24, 2.45) is 5.10 Å². The number of hydrazone groups is 1. The third-order valence-electron chi connectivity index (χ3n) is 7.22. The predicted molar refractivity (Wildman–Crippen MR) is 194 cm³/mol. The molecule has 3 aromatic rings. The van der Waals surface area contributed by atoms with Crippen molar-refractivity contribution in [1.29, 1.82) is 0 Å². The molecular weight excluding hydrogens is 743 g/mol. The maximum Gasteiger partial charge on any atom is 0.337 e. The number of allylic oxidation sites excluding steroid dienone is 2. The summed E-state index contributed by atoms with van der Waals surface area (Å²) in [5.41, 5.74) is 6.58. The molecule has 12 nitrogen and oxygen atoms in total. The first kappa shape index (κ1) is 37.1. The summed E-state index contributed by atoms with van der Waals surface area (Å²) in [6.07, 6.45) is 2.76. The van der Waals surface area contributed by atoms with E-state index < -0.39 is 24.3 Å². The SMILES string of the molecule is C=CCc1cc(/C=N\N[C@H](O)COc2ccc([C@@H]3NC(=O)NC(C)=C3C(=O)OC)cc2OCC)cc(OCC)c1OCc1ccc(I)cc1. The number of nitrogens with one attached hydrogen (secondary N) is 3. The Labute approximate surface area is 299 Å². The summed E-state index contributed by atoms with van der Waals surface area (Å²) in [5, 5.41) is 20.2. The predicted octanol–water partition coefficient (Wildman–Crippen LogP) is 5.52. The first-order chi connectivity index (χ1) is 23.7. The van der Waals surface area contributed by atoms with E-state index in [1.165, 1.54) is 7.11 Å². The van der Waals surface area contributed by atoms with Gasteiger partial charge in [0.1, 0.15) is 13.2 Å². The Morgan fingerprint density at radius 1 is 1.04 bits per heavy atom. The second kappa shape index (κ2) is 18.1. The van der Waals surface area contributed by atoms with Gasteiger partial charge < -0.3 is 39.4 Å². The smallest absolute Gasteiger partial charge is 0.337 e. The van der Waals surface area contributed by atoms with Crippen molar-refractivity contribution in [3.63, 3.8) is 0 Å². The van der Waals surface area contributed by atoms with E-state index in [9.17, 15) is 14.7 Å². The van der Waals surface area contributed by atoms with Gasteiger partial charge in [-0.2, -0.15) is 5.10 Å². The van der Waals surface area contributed by atoms with Crippen LogP contribution in [0.4, 0.5) is 4.79 Å². The average Bonchev–Trinajstić information content (AvgIpc) is 3.08. The number of hydrogen-bond acceptors (Lipinski definition) is 10. The van der Waals surface area contributed by atoms with Crippen LogP contribution in [0.25, 0.3) is 0 Å². The van der Waals surface area contributed by atoms with Gasteiger partial charge in [-0.15, -0.1) is 6.58 Å². The number of amides is 2. The fraction of sp³-hybridized carbons (Fsp3) is 0.306. The van der Waals surface area contributed by atoms with Crippen LogP contribution >= 0.6 is 22.6 Å². The van der Waals surface area contributed by atoms with Crippen molar-refractivity contribution in [3.05, 3.63) is 104 Å². The monoisotopic (exact) mass is 784 g/mol. The average molecular weight is 785 g/mol. The highest BCUT2D eigenvalue weighted by Crippen LogP contribution is 2.36. The van der Waals surface area contributed by atoms with Crippen molar-refractivity contribution in [2.75, 3.05) is 26.9 Å². The van der Waals surface area contributed by atoms with E-state index in [2.05, 4.69) is 50.3 Å². The number of aliphatic hydroxyl groups is 1. The van der Waals surface area contributed by atoms with Gasteiger partial charge in [0.15, 0.2) is 29.2 Å². The third-order valence-corrected chi connectivity index (χ3v) is 7.94. The topological polar surface area (TPSA) is 149 Å². The molecule has 4 rings (SSSR count). The number of nitrogens with zero attached hydrogens (tertiary/aromatic N) is 1. The maximum atomic E-state index is 12.5. The third kappa shape index (κ3) is 10.1. The zero-order valence-corrected chi connectivity index (χ0v) is 30.0. The summed E-state index contributed by atoms with van der Waals surface area (Å²) in [6, 6.07) is 15.7. The Morgan fingerprint density at radius 2 is 1.78 bits per heavy atom. The molecule has 0 bridgehead atoms. The minimum atomic E-state index is -1.17. The van der Waals surface area contributed by atoms with E-state index in [1.807, 2.05) is 50.2 Å². The van der Waals surface area contributed by atoms with Crippen molar-refractivity contribution in [2.45, 2.75) is 46.1 Å². The van der Waals surface area contributed by atoms with Crippen LogP contribution in [0.1, 0.15) is 49.1 Å². The number of methoxy groups -OCH3 is 1. The Kier molecular flexibility index (Phi) is 13.7. The van der Waals surface area contributed by atoms with E-state index in [-0.39, 0.29) is 12.2 Å². The summed E-state index contributed by atoms with van der Waals surface area (Å²) >= 11 is 2.27. The summed E-state index contributed by atoms with van der Waals surface area (Å²) in [5.74, 6) is 1.37. The highest BCUT2D eigenvalue weighted by Gasteiger charge is 2.32. The van der Waals surface area contributed by atoms with Crippen LogP contribution in [0.3, 0.4) is 0 Å². The van der Waals surface area contributed by atoms with Gasteiger partial charge in [0.25, 0.3) is 0 Å². The van der Waals surface area contributed by atoms with Crippen LogP contribution in [0.15, 0.2) is 83.6 Å². The Balaban J connectivity index is 1.44. The van der Waals surface area contributed by atoms with Crippen molar-refractivity contribution in [1.82, 2.24) is 16.1 Å². The van der Waals surface area contributed by atoms with Gasteiger partial charge in [-0.1, -0.05) is 24.3 Å². The number of hydrogen-bond donors (Lipinski definition) is 4. The fourth-order valence-electron chi connectivity index (χ4n) is 5.05. The standard InChI is InChI=1S/C36H41IN4O8/c1-6-9-26-16-24(17-30(47-8-3)34(26)49-20-23-10-13-27(37)14-11-23)19-38-41-31(42)21-48-28-15-12-25(18-29(28)46-7-2)33-32(35(43)45-5)22(4)39-36(44)40-33/h6,10-19,31,33,41-42H,1,7-9,20-21H2,2-5H3,(H2,39,40,44)/b38-19-/t31-,33+/m1/s1. The van der Waals surface area contributed by atoms with Crippen molar-refractivity contribution in [3.8, 4) is 23.0 Å². The molecule has 1 heterocycles. The summed E-state index contributed by atoms with van der Waals surface area (Å²) in [4.78, 5) is 24.7. The number of benzene rings is 3. The molecular formula is C36H41IN4O8. The van der Waals surface area contributed by atoms with Gasteiger partial charge in [-0.25, -0.2) is 9.59 Å². The molecule has 13 heteroatoms. The van der Waals surface area contributed by atoms with E-state index >= 15 is 0 Å². The Bertz CT molecular complexity index is 1690. The van der Waals surface area contributed by atoms with Gasteiger partial charge in [0.05, 0.1) is 38.2 Å². The van der Waals surface area contributed by atoms with Crippen LogP contribution in [0.2, 0.25) is 0 Å². The number of carbonyl (C=O) groups is 2. The molecule has 49 heavy (non-hydrogen) atoms. The van der Waals surface area contributed by atoms with Crippen LogP contribution in [-0.4, -0.2) is 56.5 Å². The van der Waals surface area contributed by atoms with Gasteiger partial charge in [-0.05, 0) is 103 Å². The molecule has 0 spiro atoms. The van der Waals surface area contributed by atoms with E-state index in [0.29, 0.717) is 60.5 Å². The first-order valence-electron chi connectivity index (χ1n) is 15.7. The quantitative estimate of drug-likeness (QED) is 0.0347. The minimum absolute atomic E-state index is 0.162. The number of carbonyl (C=O) groups excluding carboxylic acids is 2. The van der Waals surface area contributed by atoms with E-state index in [4.69, 9.17) is 23.7 Å². The molecule has 0 unspecified atom stereocenters. The molecule has 0 aromatic heterocycles. The zero-order chi connectivity index (χ0) is 35.3. The number of urea groups is 1. The van der Waals surface area contributed by atoms with Crippen LogP contribution in [0.5, 0.6) is 23.0 Å². The lowest BCUT2D eigenvalue weighted by molar-refractivity contribution is -0.136. The van der Waals surface area contributed by atoms with Crippen LogP contribution in [0, 0.1) is 3.57 Å². The van der Waals surface area contributed by atoms with Crippen molar-refractivity contribution < 1.29 is 38.4 Å². The summed E-state index contributed by atoms with van der Waals surface area (Å²) < 4.78 is 29.9. The molecule has 1 aliphatic rings. The van der Waals surface area contributed by atoms with Gasteiger partial charge in [-0.3, -0.25) is 5.43 Å². The second-order valence-corrected chi connectivity index (χ2v) is 12.0. The molecule has 4 N–H and O–H groups in total. The molecule has 2 amide bonds. The highest BCUT2D eigenvalue weighted by molar-refractivity contribution is 14.1. The van der Waals surface area contributed by atoms with Crippen molar-refractivity contribution >= 4 is 40.8 Å². The lowest BCUT2D eigenvalue weighted by Crippen LogP contribution is -2.45. The largest absolute Gasteiger partial charge is 0.490 e. The number of halogens is 1. The zero-order valence-electron chi connectivity index (χ0n) is 27.9. The van der Waals surface area contributed by atoms with Gasteiger partial charge in [0.2, 0.25) is 0 Å². The highest BCUT2D eigenvalue weighted by atomic mass is 127. The van der Waals surface area contributed by atoms with Crippen LogP contribution in [-0.2, 0) is 22.6 Å². The molecule has 0 fully saturated rings. The Morgan fingerprint density at radius 3 is 2.47 bits per heavy atom. The lowest BCUT2D eigenvalue weighted by Gasteiger charge is -2.28. The molecule has 1 aliphatic heterocycles. The van der Waals surface area contributed by atoms with Crippen LogP contribution < -0.4 is 35.0 Å². The minimum Gasteiger partial charge on any atom is -0.490 e. The maximum absolute atomic E-state index is 12.5. The van der Waals surface area contributed by atoms with Gasteiger partial charge in [0, 0.05) is 14.8 Å². The summed E-state index contributed by atoms with van der Waals surface area (Å²) in [7, 11) is 1.28. The lowest BCUT2D eigenvalue weighted by atomic mass is 9.95. The second-order valence-electron chi connectivity index (χ2n) is 10.8. The Hall–Kier alpha value is -4.76. The van der Waals surface area contributed by atoms with E-state index in [0.717, 1.165) is 20.3 Å². The first-order valence-corrected chi connectivity index (χ1v) is 16.8. The summed E-state index contributed by atoms with van der Waals surface area (Å²) in [6.45, 7) is 10.2. The number of esters is 1. The van der Waals surface area contributed by atoms with Gasteiger partial charge >= 0.3 is 12.0 Å². The molecule has 3 aromatic carbocycles. The normalized spacial score (nSPS) is 14.8. The molecule has 260 valence electrons. The molecule has 2 atom stereocenters. The molecule has 0 radical (unpaired) electrons. The molecule has 0 saturated heterocycles. The number of aliphatic hydroxyl groups excluding tert-OH is 1. The molecule has 0 saturated carbocycles. The number of ether oxygens (including phenoxy) is 5. The molecule has 0 aliphatic carbocycles. The van der Waals surface area contributed by atoms with E-state index in [1.54, 1.807) is 37.4 Å². The number of rotatable bonds is 17.